The topological polar surface area (TPSA) is 59.1 Å². The highest BCUT2D eigenvalue weighted by molar-refractivity contribution is 5.82. The monoisotopic (exact) mass is 491 g/mol. The Morgan fingerprint density at radius 1 is 0.861 bits per heavy atom. The third kappa shape index (κ3) is 6.86. The number of piperazine rings is 1. The van der Waals surface area contributed by atoms with Crippen molar-refractivity contribution in [1.82, 2.24) is 20.0 Å². The van der Waals surface area contributed by atoms with E-state index in [9.17, 15) is 9.59 Å². The van der Waals surface area contributed by atoms with Gasteiger partial charge in [-0.15, -0.1) is 0 Å². The van der Waals surface area contributed by atoms with Crippen molar-refractivity contribution in [3.8, 4) is 0 Å². The van der Waals surface area contributed by atoms with E-state index in [4.69, 9.17) is 0 Å². The number of amides is 2. The van der Waals surface area contributed by atoms with Crippen LogP contribution >= 0.6 is 0 Å². The summed E-state index contributed by atoms with van der Waals surface area (Å²) in [6, 6.07) is 19.2. The van der Waals surface area contributed by atoms with Crippen molar-refractivity contribution in [3.05, 3.63) is 65.7 Å². The van der Waals surface area contributed by atoms with Crippen LogP contribution in [0.1, 0.15) is 30.9 Å². The van der Waals surface area contributed by atoms with Crippen LogP contribution in [0.5, 0.6) is 0 Å². The Labute approximate surface area is 216 Å². The molecule has 7 nitrogen and oxygen atoms in total. The summed E-state index contributed by atoms with van der Waals surface area (Å²) in [7, 11) is 4.25. The zero-order valence-electron chi connectivity index (χ0n) is 22.0. The van der Waals surface area contributed by atoms with Gasteiger partial charge >= 0.3 is 0 Å². The number of rotatable bonds is 8. The first-order chi connectivity index (χ1) is 17.4. The maximum Gasteiger partial charge on any atom is 0.240 e. The second-order valence-electron chi connectivity index (χ2n) is 10.3. The van der Waals surface area contributed by atoms with Gasteiger partial charge in [0.2, 0.25) is 11.8 Å². The zero-order chi connectivity index (χ0) is 25.5. The quantitative estimate of drug-likeness (QED) is 0.615. The van der Waals surface area contributed by atoms with Gasteiger partial charge in [0.25, 0.3) is 0 Å². The van der Waals surface area contributed by atoms with Crippen LogP contribution < -0.4 is 10.2 Å². The van der Waals surface area contributed by atoms with Crippen LogP contribution in [0, 0.1) is 0 Å². The molecule has 2 amide bonds. The number of piperidine rings is 1. The van der Waals surface area contributed by atoms with Crippen LogP contribution in [-0.2, 0) is 22.6 Å². The summed E-state index contributed by atoms with van der Waals surface area (Å²) in [5.74, 6) is 0.355. The van der Waals surface area contributed by atoms with Crippen molar-refractivity contribution in [2.45, 2.75) is 44.8 Å². The maximum atomic E-state index is 13.6. The Bertz CT molecular complexity index is 978. The highest BCUT2D eigenvalue weighted by Crippen LogP contribution is 2.19. The van der Waals surface area contributed by atoms with Crippen LogP contribution in [0.15, 0.2) is 54.6 Å². The Morgan fingerprint density at radius 2 is 1.50 bits per heavy atom. The molecule has 2 aromatic rings. The Hall–Kier alpha value is -2.90. The molecule has 0 spiro atoms. The molecular formula is C29H41N5O2. The van der Waals surface area contributed by atoms with E-state index in [0.29, 0.717) is 19.0 Å². The molecule has 1 atom stereocenters. The fourth-order valence-corrected chi connectivity index (χ4v) is 5.26. The Balaban J connectivity index is 1.36. The molecule has 194 valence electrons. The van der Waals surface area contributed by atoms with Gasteiger partial charge in [0, 0.05) is 64.5 Å². The lowest BCUT2D eigenvalue weighted by molar-refractivity contribution is -0.135. The first-order valence-electron chi connectivity index (χ1n) is 13.2. The van der Waals surface area contributed by atoms with Crippen molar-refractivity contribution in [2.24, 2.45) is 0 Å². The van der Waals surface area contributed by atoms with E-state index < -0.39 is 0 Å². The van der Waals surface area contributed by atoms with E-state index in [1.807, 2.05) is 28.0 Å². The van der Waals surface area contributed by atoms with Gasteiger partial charge in [-0.1, -0.05) is 42.5 Å². The number of carbonyl (C=O) groups is 2. The van der Waals surface area contributed by atoms with Gasteiger partial charge in [0.15, 0.2) is 0 Å². The molecule has 0 bridgehead atoms. The summed E-state index contributed by atoms with van der Waals surface area (Å²) in [4.78, 5) is 33.7. The average Bonchev–Trinajstić information content (AvgIpc) is 2.91. The van der Waals surface area contributed by atoms with Gasteiger partial charge < -0.3 is 24.9 Å². The van der Waals surface area contributed by atoms with E-state index >= 15 is 0 Å². The number of anilines is 1. The number of carbonyl (C=O) groups excluding carboxylic acids is 2. The van der Waals surface area contributed by atoms with E-state index in [1.165, 1.54) is 16.8 Å². The van der Waals surface area contributed by atoms with Crippen LogP contribution in [0.4, 0.5) is 5.69 Å². The highest BCUT2D eigenvalue weighted by atomic mass is 16.2. The fraction of sp³-hybridized carbons (Fsp3) is 0.517. The summed E-state index contributed by atoms with van der Waals surface area (Å²) >= 11 is 0. The van der Waals surface area contributed by atoms with E-state index in [0.717, 1.165) is 52.1 Å². The SMILES string of the molecule is CC(=O)N1CCN(c2ccc(CNC(Cc3ccccc3)C(=O)N3CCC(N(C)C)CC3)cc2)CC1. The lowest BCUT2D eigenvalue weighted by atomic mass is 10.0. The standard InChI is InChI=1S/C29H41N5O2/c1-23(35)32-17-19-33(20-18-32)27-11-9-25(10-12-27)22-30-28(21-24-7-5-4-6-8-24)29(36)34-15-13-26(14-16-34)31(2)3/h4-12,26,28,30H,13-22H2,1-3H3. The molecule has 0 aromatic heterocycles. The van der Waals surface area contributed by atoms with Gasteiger partial charge in [-0.25, -0.2) is 0 Å². The average molecular weight is 492 g/mol. The summed E-state index contributed by atoms with van der Waals surface area (Å²) in [6.45, 7) is 7.18. The van der Waals surface area contributed by atoms with E-state index in [1.54, 1.807) is 6.92 Å². The molecule has 2 aliphatic heterocycles. The molecule has 2 saturated heterocycles. The molecule has 36 heavy (non-hydrogen) atoms. The fourth-order valence-electron chi connectivity index (χ4n) is 5.26. The molecule has 2 fully saturated rings. The molecule has 1 N–H and O–H groups in total. The summed E-state index contributed by atoms with van der Waals surface area (Å²) in [6.07, 6.45) is 2.74. The first kappa shape index (κ1) is 26.2. The molecule has 2 aromatic carbocycles. The minimum absolute atomic E-state index is 0.151. The minimum atomic E-state index is -0.248. The normalized spacial score (nSPS) is 17.9. The first-order valence-corrected chi connectivity index (χ1v) is 13.2. The highest BCUT2D eigenvalue weighted by Gasteiger charge is 2.29. The Kier molecular flexibility index (Phi) is 8.99. The predicted octanol–water partition coefficient (Wildman–Crippen LogP) is 2.61. The molecular weight excluding hydrogens is 450 g/mol. The molecule has 4 rings (SSSR count). The molecule has 2 heterocycles. The van der Waals surface area contributed by atoms with Crippen molar-refractivity contribution < 1.29 is 9.59 Å². The zero-order valence-corrected chi connectivity index (χ0v) is 22.0. The largest absolute Gasteiger partial charge is 0.368 e. The Morgan fingerprint density at radius 3 is 2.08 bits per heavy atom. The van der Waals surface area contributed by atoms with Crippen molar-refractivity contribution in [2.75, 3.05) is 58.3 Å². The molecule has 0 radical (unpaired) electrons. The van der Waals surface area contributed by atoms with Crippen LogP contribution in [0.3, 0.4) is 0 Å². The van der Waals surface area contributed by atoms with E-state index in [-0.39, 0.29) is 17.9 Å². The van der Waals surface area contributed by atoms with Crippen molar-refractivity contribution >= 4 is 17.5 Å². The van der Waals surface area contributed by atoms with Gasteiger partial charge in [0.05, 0.1) is 6.04 Å². The third-order valence-corrected chi connectivity index (χ3v) is 7.67. The molecule has 0 aliphatic carbocycles. The number of benzene rings is 2. The smallest absolute Gasteiger partial charge is 0.240 e. The van der Waals surface area contributed by atoms with Gasteiger partial charge in [-0.3, -0.25) is 9.59 Å². The number of hydrogen-bond acceptors (Lipinski definition) is 5. The second kappa shape index (κ2) is 12.4. The number of hydrogen-bond donors (Lipinski definition) is 1. The van der Waals surface area contributed by atoms with Gasteiger partial charge in [-0.05, 0) is 56.6 Å². The van der Waals surface area contributed by atoms with Gasteiger partial charge in [-0.2, -0.15) is 0 Å². The van der Waals surface area contributed by atoms with Crippen LogP contribution in [0.25, 0.3) is 0 Å². The van der Waals surface area contributed by atoms with Crippen molar-refractivity contribution in [3.63, 3.8) is 0 Å². The summed E-state index contributed by atoms with van der Waals surface area (Å²) < 4.78 is 0. The lowest BCUT2D eigenvalue weighted by Gasteiger charge is -2.37. The second-order valence-corrected chi connectivity index (χ2v) is 10.3. The number of nitrogens with zero attached hydrogens (tertiary/aromatic N) is 4. The molecule has 1 unspecified atom stereocenters. The molecule has 0 saturated carbocycles. The number of nitrogens with one attached hydrogen (secondary N) is 1. The predicted molar refractivity (Wildman–Crippen MR) is 145 cm³/mol. The summed E-state index contributed by atoms with van der Waals surface area (Å²) in [5.41, 5.74) is 3.52. The third-order valence-electron chi connectivity index (χ3n) is 7.67. The van der Waals surface area contributed by atoms with Crippen molar-refractivity contribution in [1.29, 1.82) is 0 Å². The molecule has 2 aliphatic rings. The minimum Gasteiger partial charge on any atom is -0.368 e. The number of likely N-dealkylation sites (tertiary alicyclic amines) is 1. The maximum absolute atomic E-state index is 13.6. The van der Waals surface area contributed by atoms with Crippen LogP contribution in [0.2, 0.25) is 0 Å². The molecule has 7 heteroatoms. The van der Waals surface area contributed by atoms with E-state index in [2.05, 4.69) is 65.6 Å². The summed E-state index contributed by atoms with van der Waals surface area (Å²) in [5, 5.41) is 3.57. The van der Waals surface area contributed by atoms with Crippen LogP contribution in [-0.4, -0.2) is 92.0 Å². The van der Waals surface area contributed by atoms with Gasteiger partial charge in [0.1, 0.15) is 0 Å². The lowest BCUT2D eigenvalue weighted by Crippen LogP contribution is -2.52.